The van der Waals surface area contributed by atoms with Gasteiger partial charge in [-0.05, 0) is 31.0 Å². The minimum absolute atomic E-state index is 0.0937. The van der Waals surface area contributed by atoms with Gasteiger partial charge < -0.3 is 19.9 Å². The van der Waals surface area contributed by atoms with Gasteiger partial charge in [0.15, 0.2) is 5.65 Å². The summed E-state index contributed by atoms with van der Waals surface area (Å²) in [6, 6.07) is 11.8. The molecule has 1 aliphatic heterocycles. The highest BCUT2D eigenvalue weighted by atomic mass is 32.2. The van der Waals surface area contributed by atoms with Crippen LogP contribution in [0.15, 0.2) is 42.6 Å². The number of imidazole rings is 1. The van der Waals surface area contributed by atoms with Gasteiger partial charge in [0.2, 0.25) is 0 Å². The number of rotatable bonds is 4. The summed E-state index contributed by atoms with van der Waals surface area (Å²) in [6.07, 6.45) is 1.42. The van der Waals surface area contributed by atoms with E-state index in [1.54, 1.807) is 11.8 Å². The van der Waals surface area contributed by atoms with Gasteiger partial charge in [0.25, 0.3) is 0 Å². The number of thioether (sulfide) groups is 1. The fourth-order valence-corrected chi connectivity index (χ4v) is 4.74. The Morgan fingerprint density at radius 1 is 1.19 bits per heavy atom. The van der Waals surface area contributed by atoms with Gasteiger partial charge in [0.1, 0.15) is 0 Å². The zero-order valence-corrected chi connectivity index (χ0v) is 15.7. The Balaban J connectivity index is 1.87. The highest BCUT2D eigenvalue weighted by Gasteiger charge is 2.37. The lowest BCUT2D eigenvalue weighted by atomic mass is 9.91. The predicted molar refractivity (Wildman–Crippen MR) is 106 cm³/mol. The van der Waals surface area contributed by atoms with Gasteiger partial charge in [0, 0.05) is 17.6 Å². The van der Waals surface area contributed by atoms with Crippen molar-refractivity contribution in [3.05, 3.63) is 65.1 Å². The van der Waals surface area contributed by atoms with Crippen LogP contribution >= 0.6 is 11.8 Å². The van der Waals surface area contributed by atoms with Crippen molar-refractivity contribution in [2.24, 2.45) is 0 Å². The van der Waals surface area contributed by atoms with Crippen molar-refractivity contribution in [1.82, 2.24) is 9.38 Å². The Morgan fingerprint density at radius 2 is 1.96 bits per heavy atom. The third-order valence-electron chi connectivity index (χ3n) is 5.11. The van der Waals surface area contributed by atoms with Gasteiger partial charge in [-0.1, -0.05) is 30.3 Å². The molecule has 136 valence electrons. The lowest BCUT2D eigenvalue weighted by molar-refractivity contribution is 0.145. The standard InChI is InChI=1S/C20H23N3O2S/c1-12-13(2)23-9-8-15-17(20(23)21-12)22-16(14-6-4-3-5-7-14)18(25)19(15)26-11-10-24/h3-9,16,18-19,22,24-25H,10-11H2,1-2H3. The normalized spacial score (nSPS) is 22.2. The first-order valence-electron chi connectivity index (χ1n) is 8.82. The second-order valence-corrected chi connectivity index (χ2v) is 7.91. The first kappa shape index (κ1) is 17.4. The molecule has 0 saturated carbocycles. The molecule has 1 aromatic carbocycles. The van der Waals surface area contributed by atoms with Crippen LogP contribution in [0.2, 0.25) is 0 Å². The average Bonchev–Trinajstić information content (AvgIpc) is 2.96. The van der Waals surface area contributed by atoms with E-state index in [9.17, 15) is 10.2 Å². The van der Waals surface area contributed by atoms with Crippen molar-refractivity contribution in [2.45, 2.75) is 31.2 Å². The number of anilines is 1. The summed E-state index contributed by atoms with van der Waals surface area (Å²) in [6.45, 7) is 4.17. The number of aliphatic hydroxyl groups excluding tert-OH is 2. The van der Waals surface area contributed by atoms with E-state index in [2.05, 4.69) is 22.7 Å². The van der Waals surface area contributed by atoms with Crippen molar-refractivity contribution >= 4 is 23.1 Å². The summed E-state index contributed by atoms with van der Waals surface area (Å²) in [7, 11) is 0. The number of pyridine rings is 1. The van der Waals surface area contributed by atoms with Crippen LogP contribution in [0.1, 0.15) is 33.8 Å². The molecule has 0 amide bonds. The Morgan fingerprint density at radius 3 is 2.69 bits per heavy atom. The minimum atomic E-state index is -0.596. The summed E-state index contributed by atoms with van der Waals surface area (Å²) >= 11 is 1.59. The van der Waals surface area contributed by atoms with E-state index in [0.29, 0.717) is 5.75 Å². The van der Waals surface area contributed by atoms with Crippen LogP contribution in [0.3, 0.4) is 0 Å². The monoisotopic (exact) mass is 369 g/mol. The van der Waals surface area contributed by atoms with Gasteiger partial charge in [-0.2, -0.15) is 0 Å². The molecule has 0 radical (unpaired) electrons. The first-order valence-corrected chi connectivity index (χ1v) is 9.87. The van der Waals surface area contributed by atoms with Gasteiger partial charge in [-0.3, -0.25) is 0 Å². The Labute approximate surface area is 157 Å². The van der Waals surface area contributed by atoms with Gasteiger partial charge in [0.05, 0.1) is 35.4 Å². The Kier molecular flexibility index (Phi) is 4.65. The van der Waals surface area contributed by atoms with E-state index in [0.717, 1.165) is 33.8 Å². The van der Waals surface area contributed by atoms with Crippen molar-refractivity contribution in [3.63, 3.8) is 0 Å². The zero-order chi connectivity index (χ0) is 18.3. The van der Waals surface area contributed by atoms with Gasteiger partial charge in [-0.25, -0.2) is 4.98 Å². The fourth-order valence-electron chi connectivity index (χ4n) is 3.65. The fraction of sp³-hybridized carbons (Fsp3) is 0.350. The molecule has 2 aromatic heterocycles. The molecular formula is C20H23N3O2S. The van der Waals surface area contributed by atoms with Crippen LogP contribution in [0.5, 0.6) is 0 Å². The SMILES string of the molecule is Cc1nc2c3c(ccn2c1C)C(SCCO)C(O)C(c1ccccc1)N3. The van der Waals surface area contributed by atoms with Crippen molar-refractivity contribution in [3.8, 4) is 0 Å². The zero-order valence-electron chi connectivity index (χ0n) is 14.9. The first-order chi connectivity index (χ1) is 12.6. The van der Waals surface area contributed by atoms with E-state index in [-0.39, 0.29) is 17.9 Å². The molecule has 0 spiro atoms. The lowest BCUT2D eigenvalue weighted by Crippen LogP contribution is -2.35. The van der Waals surface area contributed by atoms with Crippen molar-refractivity contribution < 1.29 is 10.2 Å². The maximum absolute atomic E-state index is 11.1. The number of hydrogen-bond acceptors (Lipinski definition) is 5. The maximum atomic E-state index is 11.1. The van der Waals surface area contributed by atoms with Crippen LogP contribution in [0.25, 0.3) is 5.65 Å². The third kappa shape index (κ3) is 2.78. The van der Waals surface area contributed by atoms with Gasteiger partial charge >= 0.3 is 0 Å². The minimum Gasteiger partial charge on any atom is -0.396 e. The molecule has 1 aliphatic rings. The quantitative estimate of drug-likeness (QED) is 0.659. The highest BCUT2D eigenvalue weighted by Crippen LogP contribution is 2.47. The summed E-state index contributed by atoms with van der Waals surface area (Å²) in [4.78, 5) is 4.75. The van der Waals surface area contributed by atoms with Crippen LogP contribution in [-0.4, -0.2) is 38.1 Å². The van der Waals surface area contributed by atoms with E-state index in [4.69, 9.17) is 4.98 Å². The van der Waals surface area contributed by atoms with Crippen LogP contribution in [0, 0.1) is 13.8 Å². The molecule has 5 nitrogen and oxygen atoms in total. The maximum Gasteiger partial charge on any atom is 0.161 e. The average molecular weight is 369 g/mol. The summed E-state index contributed by atoms with van der Waals surface area (Å²) < 4.78 is 2.09. The number of fused-ring (bicyclic) bond motifs is 3. The number of aryl methyl sites for hydroxylation is 2. The van der Waals surface area contributed by atoms with Crippen molar-refractivity contribution in [1.29, 1.82) is 0 Å². The number of aromatic nitrogens is 2. The molecule has 26 heavy (non-hydrogen) atoms. The predicted octanol–water partition coefficient (Wildman–Crippen LogP) is 3.25. The van der Waals surface area contributed by atoms with E-state index < -0.39 is 6.10 Å². The molecule has 0 aliphatic carbocycles. The molecule has 3 atom stereocenters. The molecule has 6 heteroatoms. The van der Waals surface area contributed by atoms with Gasteiger partial charge in [-0.15, -0.1) is 11.8 Å². The van der Waals surface area contributed by atoms with Crippen molar-refractivity contribution in [2.75, 3.05) is 17.7 Å². The number of benzene rings is 1. The number of aliphatic hydroxyl groups is 2. The molecule has 0 bridgehead atoms. The van der Waals surface area contributed by atoms with E-state index >= 15 is 0 Å². The largest absolute Gasteiger partial charge is 0.396 e. The second-order valence-electron chi connectivity index (χ2n) is 6.66. The number of nitrogens with zero attached hydrogens (tertiary/aromatic N) is 2. The summed E-state index contributed by atoms with van der Waals surface area (Å²) in [5.41, 5.74) is 6.06. The topological polar surface area (TPSA) is 69.8 Å². The summed E-state index contributed by atoms with van der Waals surface area (Å²) in [5, 5.41) is 23.8. The summed E-state index contributed by atoms with van der Waals surface area (Å²) in [5.74, 6) is 0.584. The number of nitrogens with one attached hydrogen (secondary N) is 1. The molecule has 3 heterocycles. The third-order valence-corrected chi connectivity index (χ3v) is 6.42. The molecule has 3 aromatic rings. The second kappa shape index (κ2) is 6.95. The molecule has 4 rings (SSSR count). The van der Waals surface area contributed by atoms with E-state index in [1.165, 1.54) is 0 Å². The highest BCUT2D eigenvalue weighted by molar-refractivity contribution is 7.99. The van der Waals surface area contributed by atoms with Crippen LogP contribution < -0.4 is 5.32 Å². The van der Waals surface area contributed by atoms with Crippen LogP contribution in [-0.2, 0) is 0 Å². The molecular weight excluding hydrogens is 346 g/mol. The Hall–Kier alpha value is -2.02. The Bertz CT molecular complexity index is 926. The number of hydrogen-bond donors (Lipinski definition) is 3. The van der Waals surface area contributed by atoms with E-state index in [1.807, 2.05) is 43.5 Å². The van der Waals surface area contributed by atoms with Crippen LogP contribution in [0.4, 0.5) is 5.69 Å². The lowest BCUT2D eigenvalue weighted by Gasteiger charge is -2.38. The molecule has 3 unspecified atom stereocenters. The molecule has 0 fully saturated rings. The molecule has 0 saturated heterocycles. The smallest absolute Gasteiger partial charge is 0.161 e. The molecule has 3 N–H and O–H groups in total.